The molecular weight excluding hydrogens is 258 g/mol. The molecule has 0 aliphatic rings. The monoisotopic (exact) mass is 265 g/mol. The zero-order valence-corrected chi connectivity index (χ0v) is 9.27. The Hall–Kier alpha value is -1.62. The van der Waals surface area contributed by atoms with Gasteiger partial charge in [0.2, 0.25) is 5.95 Å². The lowest BCUT2D eigenvalue weighted by Gasteiger charge is -2.03. The van der Waals surface area contributed by atoms with Crippen LogP contribution < -0.4 is 5.32 Å². The van der Waals surface area contributed by atoms with Gasteiger partial charge in [-0.1, -0.05) is 0 Å². The van der Waals surface area contributed by atoms with Gasteiger partial charge in [0.1, 0.15) is 5.75 Å². The number of phenols is 1. The average molecular weight is 266 g/mol. The number of nitrogens with zero attached hydrogens (tertiary/aromatic N) is 2. The second-order valence-electron chi connectivity index (χ2n) is 2.90. The molecule has 0 fully saturated rings. The summed E-state index contributed by atoms with van der Waals surface area (Å²) in [5.41, 5.74) is 0.829. The highest BCUT2D eigenvalue weighted by atomic mass is 79.9. The summed E-state index contributed by atoms with van der Waals surface area (Å²) in [6.45, 7) is 0. The summed E-state index contributed by atoms with van der Waals surface area (Å²) in [5, 5.41) is 12.1. The van der Waals surface area contributed by atoms with Gasteiger partial charge in [-0.2, -0.15) is 0 Å². The van der Waals surface area contributed by atoms with E-state index in [0.29, 0.717) is 5.95 Å². The van der Waals surface area contributed by atoms with E-state index in [1.807, 2.05) is 0 Å². The number of aromatic hydroxyl groups is 1. The van der Waals surface area contributed by atoms with Crippen LogP contribution in [0, 0.1) is 0 Å². The van der Waals surface area contributed by atoms with Crippen molar-refractivity contribution < 1.29 is 5.11 Å². The van der Waals surface area contributed by atoms with Gasteiger partial charge in [0.25, 0.3) is 0 Å². The molecule has 0 aliphatic heterocycles. The van der Waals surface area contributed by atoms with Crippen LogP contribution in [0.4, 0.5) is 11.6 Å². The fourth-order valence-electron chi connectivity index (χ4n) is 1.05. The molecule has 5 heteroatoms. The van der Waals surface area contributed by atoms with Crippen LogP contribution >= 0.6 is 15.9 Å². The third-order valence-electron chi connectivity index (χ3n) is 1.74. The molecule has 0 unspecified atom stereocenters. The summed E-state index contributed by atoms with van der Waals surface area (Å²) >= 11 is 3.25. The van der Waals surface area contributed by atoms with E-state index in [0.717, 1.165) is 10.2 Å². The lowest BCUT2D eigenvalue weighted by molar-refractivity contribution is 0.475. The molecule has 0 saturated heterocycles. The van der Waals surface area contributed by atoms with Crippen LogP contribution in [0.2, 0.25) is 0 Å². The van der Waals surface area contributed by atoms with Crippen LogP contribution in [0.15, 0.2) is 41.1 Å². The molecule has 15 heavy (non-hydrogen) atoms. The van der Waals surface area contributed by atoms with Crippen LogP contribution in [0.3, 0.4) is 0 Å². The van der Waals surface area contributed by atoms with E-state index in [4.69, 9.17) is 5.11 Å². The zero-order chi connectivity index (χ0) is 10.7. The first kappa shape index (κ1) is 9.92. The predicted molar refractivity (Wildman–Crippen MR) is 61.1 cm³/mol. The lowest BCUT2D eigenvalue weighted by atomic mass is 10.3. The molecule has 2 rings (SSSR count). The summed E-state index contributed by atoms with van der Waals surface area (Å²) in [5.74, 6) is 0.751. The Balaban J connectivity index is 2.15. The predicted octanol–water partition coefficient (Wildman–Crippen LogP) is 2.69. The van der Waals surface area contributed by atoms with Crippen molar-refractivity contribution in [2.45, 2.75) is 0 Å². The third kappa shape index (κ3) is 2.66. The fourth-order valence-corrected chi connectivity index (χ4v) is 1.26. The summed E-state index contributed by atoms with van der Waals surface area (Å²) in [4.78, 5) is 8.13. The van der Waals surface area contributed by atoms with Crippen molar-refractivity contribution in [3.8, 4) is 5.75 Å². The summed E-state index contributed by atoms with van der Waals surface area (Å²) in [7, 11) is 0. The molecule has 4 nitrogen and oxygen atoms in total. The fraction of sp³-hybridized carbons (Fsp3) is 0. The number of rotatable bonds is 2. The van der Waals surface area contributed by atoms with E-state index in [1.165, 1.54) is 0 Å². The number of hydrogen-bond acceptors (Lipinski definition) is 4. The Kier molecular flexibility index (Phi) is 2.82. The first-order valence-corrected chi connectivity index (χ1v) is 5.07. The largest absolute Gasteiger partial charge is 0.508 e. The van der Waals surface area contributed by atoms with E-state index < -0.39 is 0 Å². The molecule has 2 N–H and O–H groups in total. The van der Waals surface area contributed by atoms with Crippen LogP contribution in [-0.2, 0) is 0 Å². The second-order valence-corrected chi connectivity index (χ2v) is 3.81. The van der Waals surface area contributed by atoms with E-state index in [-0.39, 0.29) is 5.75 Å². The average Bonchev–Trinajstić information content (AvgIpc) is 2.25. The Bertz CT molecular complexity index is 398. The van der Waals surface area contributed by atoms with Crippen LogP contribution in [0.1, 0.15) is 0 Å². The van der Waals surface area contributed by atoms with Gasteiger partial charge in [-0.25, -0.2) is 9.97 Å². The van der Waals surface area contributed by atoms with Crippen molar-refractivity contribution in [3.63, 3.8) is 0 Å². The molecule has 0 aliphatic carbocycles. The minimum Gasteiger partial charge on any atom is -0.508 e. The van der Waals surface area contributed by atoms with Crippen molar-refractivity contribution >= 4 is 27.6 Å². The maximum atomic E-state index is 9.09. The van der Waals surface area contributed by atoms with Crippen LogP contribution in [-0.4, -0.2) is 15.1 Å². The van der Waals surface area contributed by atoms with Crippen molar-refractivity contribution in [2.75, 3.05) is 5.32 Å². The van der Waals surface area contributed by atoms with Gasteiger partial charge >= 0.3 is 0 Å². The van der Waals surface area contributed by atoms with E-state index in [9.17, 15) is 0 Å². The molecule has 0 atom stereocenters. The van der Waals surface area contributed by atoms with Gasteiger partial charge in [0.15, 0.2) is 0 Å². The van der Waals surface area contributed by atoms with Crippen LogP contribution in [0.25, 0.3) is 0 Å². The maximum absolute atomic E-state index is 9.09. The molecule has 1 heterocycles. The van der Waals surface area contributed by atoms with E-state index >= 15 is 0 Å². The Morgan fingerprint density at radius 1 is 1.07 bits per heavy atom. The number of aromatic nitrogens is 2. The molecule has 1 aromatic heterocycles. The molecule has 0 amide bonds. The normalized spacial score (nSPS) is 9.93. The Labute approximate surface area is 95.1 Å². The highest BCUT2D eigenvalue weighted by Gasteiger charge is 1.97. The zero-order valence-electron chi connectivity index (χ0n) is 7.68. The number of benzene rings is 1. The van der Waals surface area contributed by atoms with Gasteiger partial charge in [-0.3, -0.25) is 0 Å². The van der Waals surface area contributed by atoms with Crippen LogP contribution in [0.5, 0.6) is 5.75 Å². The van der Waals surface area contributed by atoms with Crippen molar-refractivity contribution in [1.29, 1.82) is 0 Å². The molecule has 0 radical (unpaired) electrons. The Morgan fingerprint density at radius 2 is 1.67 bits per heavy atom. The van der Waals surface area contributed by atoms with Crippen molar-refractivity contribution in [1.82, 2.24) is 9.97 Å². The minimum absolute atomic E-state index is 0.234. The number of halogens is 1. The lowest BCUT2D eigenvalue weighted by Crippen LogP contribution is -1.95. The summed E-state index contributed by atoms with van der Waals surface area (Å²) in [6, 6.07) is 6.70. The number of nitrogens with one attached hydrogen (secondary N) is 1. The molecule has 0 saturated carbocycles. The summed E-state index contributed by atoms with van der Waals surface area (Å²) < 4.78 is 0.832. The van der Waals surface area contributed by atoms with Gasteiger partial charge in [-0.15, -0.1) is 0 Å². The second kappa shape index (κ2) is 4.27. The first-order valence-electron chi connectivity index (χ1n) is 4.27. The topological polar surface area (TPSA) is 58.0 Å². The van der Waals surface area contributed by atoms with Crippen molar-refractivity contribution in [3.05, 3.63) is 41.1 Å². The molecule has 0 spiro atoms. The first-order chi connectivity index (χ1) is 7.24. The minimum atomic E-state index is 0.234. The highest BCUT2D eigenvalue weighted by molar-refractivity contribution is 9.10. The quantitative estimate of drug-likeness (QED) is 0.820. The molecule has 2 aromatic rings. The molecule has 1 aromatic carbocycles. The SMILES string of the molecule is Oc1ccc(Nc2ncc(Br)cn2)cc1. The molecule has 0 bridgehead atoms. The number of anilines is 2. The highest BCUT2D eigenvalue weighted by Crippen LogP contribution is 2.17. The third-order valence-corrected chi connectivity index (χ3v) is 2.15. The number of hydrogen-bond donors (Lipinski definition) is 2. The van der Waals surface area contributed by atoms with Crippen molar-refractivity contribution in [2.24, 2.45) is 0 Å². The summed E-state index contributed by atoms with van der Waals surface area (Å²) in [6.07, 6.45) is 3.32. The van der Waals surface area contributed by atoms with E-state index in [2.05, 4.69) is 31.2 Å². The molecule has 76 valence electrons. The number of phenolic OH excluding ortho intramolecular Hbond substituents is 1. The smallest absolute Gasteiger partial charge is 0.227 e. The van der Waals surface area contributed by atoms with Gasteiger partial charge < -0.3 is 10.4 Å². The van der Waals surface area contributed by atoms with Gasteiger partial charge in [-0.05, 0) is 40.2 Å². The van der Waals surface area contributed by atoms with Gasteiger partial charge in [0.05, 0.1) is 4.47 Å². The maximum Gasteiger partial charge on any atom is 0.227 e. The standard InChI is InChI=1S/C10H8BrN3O/c11-7-5-12-10(13-6-7)14-8-1-3-9(15)4-2-8/h1-6,15H,(H,12,13,14). The van der Waals surface area contributed by atoms with Gasteiger partial charge in [0, 0.05) is 18.1 Å². The van der Waals surface area contributed by atoms with E-state index in [1.54, 1.807) is 36.7 Å². The Morgan fingerprint density at radius 3 is 2.27 bits per heavy atom. The molecular formula is C10H8BrN3O.